The average Bonchev–Trinajstić information content (AvgIpc) is 3.51. The number of Topliss-reactive ketones (excluding diaryl/α,β-unsaturated/α-hetero) is 1. The minimum absolute atomic E-state index is 0.0817. The lowest BCUT2D eigenvalue weighted by Gasteiger charge is -2.27. The molecule has 2 heterocycles. The molecular formula is C29H26BrNO5. The van der Waals surface area contributed by atoms with Gasteiger partial charge in [0.1, 0.15) is 18.1 Å². The smallest absolute Gasteiger partial charge is 0.295 e. The number of nitrogens with zero attached hydrogens (tertiary/aromatic N) is 1. The topological polar surface area (TPSA) is 76.1 Å². The fourth-order valence-corrected chi connectivity index (χ4v) is 4.94. The normalized spacial score (nSPS) is 21.2. The van der Waals surface area contributed by atoms with Gasteiger partial charge in [-0.25, -0.2) is 0 Å². The molecule has 6 nitrogen and oxygen atoms in total. The van der Waals surface area contributed by atoms with Crippen molar-refractivity contribution < 1.29 is 24.2 Å². The molecule has 2 atom stereocenters. The molecule has 3 aromatic carbocycles. The summed E-state index contributed by atoms with van der Waals surface area (Å²) in [7, 11) is 0. The molecular weight excluding hydrogens is 522 g/mol. The number of rotatable bonds is 7. The van der Waals surface area contributed by atoms with Crippen molar-refractivity contribution in [2.24, 2.45) is 0 Å². The third kappa shape index (κ3) is 5.08. The highest BCUT2D eigenvalue weighted by atomic mass is 79.9. The van der Waals surface area contributed by atoms with E-state index in [0.717, 1.165) is 28.4 Å². The van der Waals surface area contributed by atoms with Crippen LogP contribution in [0, 0.1) is 0 Å². The molecule has 2 fully saturated rings. The third-order valence-electron chi connectivity index (χ3n) is 6.53. The Morgan fingerprint density at radius 1 is 1.00 bits per heavy atom. The Balaban J connectivity index is 1.48. The number of amides is 1. The quantitative estimate of drug-likeness (QED) is 0.235. The number of aliphatic hydroxyl groups excluding tert-OH is 1. The zero-order chi connectivity index (χ0) is 25.1. The maximum atomic E-state index is 13.2. The standard InChI is InChI=1S/C29H26BrNO5/c30-22-12-8-21(9-13-22)27(32)25-26(31(29(34)28(25)33)17-24-7-4-16-35-24)20-10-14-23(15-11-20)36-18-19-5-2-1-3-6-19/h1-3,5-6,8-15,24,26,32H,4,7,16-18H2. The van der Waals surface area contributed by atoms with Gasteiger partial charge in [0, 0.05) is 23.2 Å². The van der Waals surface area contributed by atoms with E-state index in [-0.39, 0.29) is 17.4 Å². The van der Waals surface area contributed by atoms with Crippen LogP contribution in [0.2, 0.25) is 0 Å². The fraction of sp³-hybridized carbons (Fsp3) is 0.241. The van der Waals surface area contributed by atoms with Gasteiger partial charge in [-0.3, -0.25) is 9.59 Å². The maximum Gasteiger partial charge on any atom is 0.295 e. The van der Waals surface area contributed by atoms with E-state index in [2.05, 4.69) is 15.9 Å². The summed E-state index contributed by atoms with van der Waals surface area (Å²) >= 11 is 3.39. The highest BCUT2D eigenvalue weighted by molar-refractivity contribution is 9.10. The van der Waals surface area contributed by atoms with Gasteiger partial charge in [-0.1, -0.05) is 70.5 Å². The molecule has 0 radical (unpaired) electrons. The average molecular weight is 548 g/mol. The van der Waals surface area contributed by atoms with Gasteiger partial charge in [0.25, 0.3) is 11.7 Å². The summed E-state index contributed by atoms with van der Waals surface area (Å²) in [6.07, 6.45) is 1.62. The summed E-state index contributed by atoms with van der Waals surface area (Å²) in [6.45, 7) is 1.37. The van der Waals surface area contributed by atoms with E-state index in [1.807, 2.05) is 54.6 Å². The lowest BCUT2D eigenvalue weighted by atomic mass is 9.95. The largest absolute Gasteiger partial charge is 0.507 e. The van der Waals surface area contributed by atoms with Crippen molar-refractivity contribution in [3.63, 3.8) is 0 Å². The second-order valence-electron chi connectivity index (χ2n) is 8.94. The number of carbonyl (C=O) groups excluding carboxylic acids is 2. The number of ether oxygens (including phenoxy) is 2. The molecule has 36 heavy (non-hydrogen) atoms. The summed E-state index contributed by atoms with van der Waals surface area (Å²) in [5.41, 5.74) is 2.33. The van der Waals surface area contributed by atoms with Gasteiger partial charge in [0.05, 0.1) is 17.7 Å². The van der Waals surface area contributed by atoms with Crippen LogP contribution in [-0.4, -0.2) is 41.0 Å². The van der Waals surface area contributed by atoms with Crippen molar-refractivity contribution in [1.29, 1.82) is 0 Å². The lowest BCUT2D eigenvalue weighted by molar-refractivity contribution is -0.140. The highest BCUT2D eigenvalue weighted by Gasteiger charge is 2.47. The first-order valence-electron chi connectivity index (χ1n) is 11.9. The highest BCUT2D eigenvalue weighted by Crippen LogP contribution is 2.40. The van der Waals surface area contributed by atoms with Crippen LogP contribution in [0.3, 0.4) is 0 Å². The SMILES string of the molecule is O=C1C(=O)N(CC2CCCO2)C(c2ccc(OCc3ccccc3)cc2)C1=C(O)c1ccc(Br)cc1. The Morgan fingerprint density at radius 3 is 2.39 bits per heavy atom. The number of benzene rings is 3. The van der Waals surface area contributed by atoms with E-state index in [0.29, 0.717) is 31.1 Å². The summed E-state index contributed by atoms with van der Waals surface area (Å²) < 4.78 is 12.5. The van der Waals surface area contributed by atoms with Crippen molar-refractivity contribution in [2.45, 2.75) is 31.6 Å². The Hall–Kier alpha value is -3.42. The monoisotopic (exact) mass is 547 g/mol. The van der Waals surface area contributed by atoms with Crippen LogP contribution in [0.25, 0.3) is 5.76 Å². The second kappa shape index (κ2) is 10.7. The molecule has 7 heteroatoms. The first kappa shape index (κ1) is 24.3. The van der Waals surface area contributed by atoms with Crippen LogP contribution in [0.5, 0.6) is 5.75 Å². The number of likely N-dealkylation sites (tertiary alicyclic amines) is 1. The van der Waals surface area contributed by atoms with Crippen LogP contribution in [-0.2, 0) is 20.9 Å². The predicted molar refractivity (Wildman–Crippen MR) is 139 cm³/mol. The summed E-state index contributed by atoms with van der Waals surface area (Å²) in [6, 6.07) is 23.5. The fourth-order valence-electron chi connectivity index (χ4n) is 4.67. The van der Waals surface area contributed by atoms with E-state index < -0.39 is 17.7 Å². The van der Waals surface area contributed by atoms with Gasteiger partial charge in [-0.15, -0.1) is 0 Å². The van der Waals surface area contributed by atoms with Crippen LogP contribution in [0.1, 0.15) is 35.6 Å². The number of halogens is 1. The van der Waals surface area contributed by atoms with E-state index in [4.69, 9.17) is 9.47 Å². The van der Waals surface area contributed by atoms with Crippen LogP contribution >= 0.6 is 15.9 Å². The summed E-state index contributed by atoms with van der Waals surface area (Å²) in [4.78, 5) is 27.9. The minimum Gasteiger partial charge on any atom is -0.507 e. The molecule has 2 unspecified atom stereocenters. The molecule has 0 spiro atoms. The molecule has 0 saturated carbocycles. The Bertz CT molecular complexity index is 1270. The number of hydrogen-bond acceptors (Lipinski definition) is 5. The van der Waals surface area contributed by atoms with Gasteiger partial charge in [0.15, 0.2) is 0 Å². The zero-order valence-electron chi connectivity index (χ0n) is 19.6. The van der Waals surface area contributed by atoms with E-state index >= 15 is 0 Å². The molecule has 2 aliphatic heterocycles. The second-order valence-corrected chi connectivity index (χ2v) is 9.85. The first-order valence-corrected chi connectivity index (χ1v) is 12.7. The number of aliphatic hydroxyl groups is 1. The van der Waals surface area contributed by atoms with E-state index in [9.17, 15) is 14.7 Å². The zero-order valence-corrected chi connectivity index (χ0v) is 21.2. The Morgan fingerprint density at radius 2 is 1.72 bits per heavy atom. The van der Waals surface area contributed by atoms with Crippen molar-refractivity contribution >= 4 is 33.4 Å². The van der Waals surface area contributed by atoms with Crippen LogP contribution < -0.4 is 4.74 Å². The van der Waals surface area contributed by atoms with Gasteiger partial charge in [-0.2, -0.15) is 0 Å². The molecule has 3 aromatic rings. The molecule has 0 aromatic heterocycles. The number of ketones is 1. The molecule has 2 aliphatic rings. The molecule has 2 saturated heterocycles. The van der Waals surface area contributed by atoms with Crippen molar-refractivity contribution in [2.75, 3.05) is 13.2 Å². The minimum atomic E-state index is -0.721. The summed E-state index contributed by atoms with van der Waals surface area (Å²) in [5.74, 6) is -0.835. The molecule has 0 bridgehead atoms. The van der Waals surface area contributed by atoms with Crippen molar-refractivity contribution in [3.8, 4) is 5.75 Å². The van der Waals surface area contributed by atoms with Gasteiger partial charge >= 0.3 is 0 Å². The van der Waals surface area contributed by atoms with Crippen molar-refractivity contribution in [1.82, 2.24) is 4.90 Å². The Labute approximate surface area is 218 Å². The predicted octanol–water partition coefficient (Wildman–Crippen LogP) is 5.63. The lowest BCUT2D eigenvalue weighted by Crippen LogP contribution is -2.36. The van der Waals surface area contributed by atoms with Gasteiger partial charge in [-0.05, 0) is 48.2 Å². The summed E-state index contributed by atoms with van der Waals surface area (Å²) in [5, 5.41) is 11.2. The molecule has 184 valence electrons. The van der Waals surface area contributed by atoms with Crippen molar-refractivity contribution in [3.05, 3.63) is 106 Å². The number of hydrogen-bond donors (Lipinski definition) is 1. The molecule has 5 rings (SSSR count). The van der Waals surface area contributed by atoms with E-state index in [1.54, 1.807) is 24.3 Å². The molecule has 1 amide bonds. The van der Waals surface area contributed by atoms with Crippen LogP contribution in [0.15, 0.2) is 88.9 Å². The Kier molecular flexibility index (Phi) is 7.20. The molecule has 0 aliphatic carbocycles. The van der Waals surface area contributed by atoms with Gasteiger partial charge in [0.2, 0.25) is 0 Å². The first-order chi connectivity index (χ1) is 17.5. The molecule has 1 N–H and O–H groups in total. The number of carbonyl (C=O) groups is 2. The van der Waals surface area contributed by atoms with Crippen LogP contribution in [0.4, 0.5) is 0 Å². The van der Waals surface area contributed by atoms with Gasteiger partial charge < -0.3 is 19.5 Å². The maximum absolute atomic E-state index is 13.2. The van der Waals surface area contributed by atoms with E-state index in [1.165, 1.54) is 4.90 Å². The third-order valence-corrected chi connectivity index (χ3v) is 7.05.